The van der Waals surface area contributed by atoms with Crippen molar-refractivity contribution in [3.05, 3.63) is 49.6 Å². The molecule has 0 aliphatic rings. The molecule has 0 atom stereocenters. The standard InChI is InChI=1S/C13H11Br3N2O/c1-19-13-8(4-9(14)5-11(13)15)6-17-10-2-3-12(16)18-7-10/h2-5,7,17H,6H2,1H3. The predicted molar refractivity (Wildman–Crippen MR) is 87.7 cm³/mol. The molecule has 6 heteroatoms. The number of hydrogen-bond donors (Lipinski definition) is 1. The fourth-order valence-corrected chi connectivity index (χ4v) is 3.36. The number of hydrogen-bond acceptors (Lipinski definition) is 3. The number of benzene rings is 1. The summed E-state index contributed by atoms with van der Waals surface area (Å²) >= 11 is 10.3. The van der Waals surface area contributed by atoms with E-state index in [9.17, 15) is 0 Å². The van der Waals surface area contributed by atoms with Gasteiger partial charge in [-0.25, -0.2) is 4.98 Å². The van der Waals surface area contributed by atoms with Crippen LogP contribution in [-0.2, 0) is 6.54 Å². The van der Waals surface area contributed by atoms with Crippen LogP contribution in [0.2, 0.25) is 0 Å². The SMILES string of the molecule is COc1c(Br)cc(Br)cc1CNc1ccc(Br)nc1. The second kappa shape index (κ2) is 6.72. The molecule has 2 rings (SSSR count). The Hall–Kier alpha value is -0.590. The van der Waals surface area contributed by atoms with Crippen molar-refractivity contribution < 1.29 is 4.74 Å². The van der Waals surface area contributed by atoms with Crippen LogP contribution in [-0.4, -0.2) is 12.1 Å². The fourth-order valence-electron chi connectivity index (χ4n) is 1.65. The largest absolute Gasteiger partial charge is 0.495 e. The van der Waals surface area contributed by atoms with Crippen LogP contribution < -0.4 is 10.1 Å². The summed E-state index contributed by atoms with van der Waals surface area (Å²) in [5.41, 5.74) is 2.02. The Morgan fingerprint density at radius 2 is 2.00 bits per heavy atom. The zero-order valence-electron chi connectivity index (χ0n) is 10.1. The van der Waals surface area contributed by atoms with Gasteiger partial charge < -0.3 is 10.1 Å². The normalized spacial score (nSPS) is 10.3. The molecule has 19 heavy (non-hydrogen) atoms. The van der Waals surface area contributed by atoms with Gasteiger partial charge in [0.2, 0.25) is 0 Å². The molecule has 1 aromatic carbocycles. The maximum Gasteiger partial charge on any atom is 0.138 e. The topological polar surface area (TPSA) is 34.1 Å². The first kappa shape index (κ1) is 14.8. The first-order valence-electron chi connectivity index (χ1n) is 5.47. The van der Waals surface area contributed by atoms with Crippen LogP contribution in [0.3, 0.4) is 0 Å². The van der Waals surface area contributed by atoms with Crippen molar-refractivity contribution in [2.75, 3.05) is 12.4 Å². The van der Waals surface area contributed by atoms with Gasteiger partial charge in [0.1, 0.15) is 10.4 Å². The van der Waals surface area contributed by atoms with E-state index in [1.807, 2.05) is 24.3 Å². The summed E-state index contributed by atoms with van der Waals surface area (Å²) in [5.74, 6) is 0.834. The van der Waals surface area contributed by atoms with Gasteiger partial charge in [-0.2, -0.15) is 0 Å². The average Bonchev–Trinajstić information content (AvgIpc) is 2.37. The predicted octanol–water partition coefficient (Wildman–Crippen LogP) is 4.99. The highest BCUT2D eigenvalue weighted by Gasteiger charge is 2.09. The minimum Gasteiger partial charge on any atom is -0.495 e. The summed E-state index contributed by atoms with van der Waals surface area (Å²) in [6.07, 6.45) is 1.78. The van der Waals surface area contributed by atoms with Gasteiger partial charge in [-0.15, -0.1) is 0 Å². The molecule has 0 spiro atoms. The number of methoxy groups -OCH3 is 1. The quantitative estimate of drug-likeness (QED) is 0.666. The number of ether oxygens (including phenoxy) is 1. The van der Waals surface area contributed by atoms with Crippen molar-refractivity contribution in [1.82, 2.24) is 4.98 Å². The van der Waals surface area contributed by atoms with Gasteiger partial charge >= 0.3 is 0 Å². The van der Waals surface area contributed by atoms with E-state index in [4.69, 9.17) is 4.74 Å². The average molecular weight is 451 g/mol. The van der Waals surface area contributed by atoms with Crippen molar-refractivity contribution in [3.8, 4) is 5.75 Å². The van der Waals surface area contributed by atoms with E-state index in [0.717, 1.165) is 30.5 Å². The molecule has 0 aliphatic carbocycles. The molecule has 2 aromatic rings. The molecule has 1 heterocycles. The Morgan fingerprint density at radius 3 is 2.63 bits per heavy atom. The number of aromatic nitrogens is 1. The second-order valence-corrected chi connectivity index (χ2v) is 6.39. The summed E-state index contributed by atoms with van der Waals surface area (Å²) in [6.45, 7) is 0.657. The molecule has 0 fully saturated rings. The van der Waals surface area contributed by atoms with Crippen molar-refractivity contribution in [2.24, 2.45) is 0 Å². The lowest BCUT2D eigenvalue weighted by Gasteiger charge is -2.12. The van der Waals surface area contributed by atoms with Gasteiger partial charge in [0, 0.05) is 16.6 Å². The molecule has 1 aromatic heterocycles. The highest BCUT2D eigenvalue weighted by atomic mass is 79.9. The van der Waals surface area contributed by atoms with Crippen molar-refractivity contribution >= 4 is 53.5 Å². The van der Waals surface area contributed by atoms with E-state index in [-0.39, 0.29) is 0 Å². The van der Waals surface area contributed by atoms with Crippen molar-refractivity contribution in [2.45, 2.75) is 6.54 Å². The Kier molecular flexibility index (Phi) is 5.24. The second-order valence-electron chi connectivity index (χ2n) is 3.80. The van der Waals surface area contributed by atoms with E-state index >= 15 is 0 Å². The molecule has 1 N–H and O–H groups in total. The molecule has 0 radical (unpaired) electrons. The lowest BCUT2D eigenvalue weighted by atomic mass is 10.2. The van der Waals surface area contributed by atoms with E-state index < -0.39 is 0 Å². The summed E-state index contributed by atoms with van der Waals surface area (Å²) in [4.78, 5) is 4.17. The third kappa shape index (κ3) is 3.94. The Balaban J connectivity index is 2.17. The number of nitrogens with zero attached hydrogens (tertiary/aromatic N) is 1. The lowest BCUT2D eigenvalue weighted by Crippen LogP contribution is -2.02. The van der Waals surface area contributed by atoms with Gasteiger partial charge in [0.05, 0.1) is 23.5 Å². The van der Waals surface area contributed by atoms with Gasteiger partial charge in [-0.1, -0.05) is 15.9 Å². The summed E-state index contributed by atoms with van der Waals surface area (Å²) in [7, 11) is 1.67. The fraction of sp³-hybridized carbons (Fsp3) is 0.154. The summed E-state index contributed by atoms with van der Waals surface area (Å²) in [5, 5.41) is 3.31. The summed E-state index contributed by atoms with van der Waals surface area (Å²) < 4.78 is 8.16. The van der Waals surface area contributed by atoms with Crippen LogP contribution in [0.1, 0.15) is 5.56 Å². The van der Waals surface area contributed by atoms with E-state index in [2.05, 4.69) is 58.1 Å². The zero-order chi connectivity index (χ0) is 13.8. The van der Waals surface area contributed by atoms with Crippen LogP contribution in [0.25, 0.3) is 0 Å². The molecular formula is C13H11Br3N2O. The number of rotatable bonds is 4. The number of pyridine rings is 1. The van der Waals surface area contributed by atoms with Crippen LogP contribution in [0.4, 0.5) is 5.69 Å². The molecule has 0 bridgehead atoms. The number of nitrogens with one attached hydrogen (secondary N) is 1. The molecule has 3 nitrogen and oxygen atoms in total. The van der Waals surface area contributed by atoms with E-state index in [1.165, 1.54) is 0 Å². The third-order valence-electron chi connectivity index (χ3n) is 2.50. The monoisotopic (exact) mass is 448 g/mol. The number of halogens is 3. The molecule has 0 saturated heterocycles. The highest BCUT2D eigenvalue weighted by Crippen LogP contribution is 2.33. The maximum atomic E-state index is 5.41. The molecule has 0 unspecified atom stereocenters. The Morgan fingerprint density at radius 1 is 1.21 bits per heavy atom. The minimum absolute atomic E-state index is 0.657. The molecule has 0 saturated carbocycles. The van der Waals surface area contributed by atoms with Crippen molar-refractivity contribution in [3.63, 3.8) is 0 Å². The van der Waals surface area contributed by atoms with Gasteiger partial charge in [-0.3, -0.25) is 0 Å². The highest BCUT2D eigenvalue weighted by molar-refractivity contribution is 9.11. The van der Waals surface area contributed by atoms with Crippen LogP contribution in [0, 0.1) is 0 Å². The minimum atomic E-state index is 0.657. The first-order valence-corrected chi connectivity index (χ1v) is 7.85. The van der Waals surface area contributed by atoms with Crippen LogP contribution in [0.5, 0.6) is 5.75 Å². The van der Waals surface area contributed by atoms with E-state index in [0.29, 0.717) is 6.54 Å². The lowest BCUT2D eigenvalue weighted by molar-refractivity contribution is 0.407. The third-order valence-corrected chi connectivity index (χ3v) is 4.02. The smallest absolute Gasteiger partial charge is 0.138 e. The Bertz CT molecular complexity index is 573. The zero-order valence-corrected chi connectivity index (χ0v) is 14.8. The van der Waals surface area contributed by atoms with Gasteiger partial charge in [0.15, 0.2) is 0 Å². The van der Waals surface area contributed by atoms with Gasteiger partial charge in [0.25, 0.3) is 0 Å². The van der Waals surface area contributed by atoms with Crippen molar-refractivity contribution in [1.29, 1.82) is 0 Å². The Labute approximate surface area is 137 Å². The number of anilines is 1. The van der Waals surface area contributed by atoms with Crippen LogP contribution in [0.15, 0.2) is 44.0 Å². The van der Waals surface area contributed by atoms with Gasteiger partial charge in [-0.05, 0) is 56.1 Å². The summed E-state index contributed by atoms with van der Waals surface area (Å²) in [6, 6.07) is 7.86. The first-order chi connectivity index (χ1) is 9.10. The molecule has 0 amide bonds. The molecule has 0 aliphatic heterocycles. The van der Waals surface area contributed by atoms with Crippen LogP contribution >= 0.6 is 47.8 Å². The molecular weight excluding hydrogens is 440 g/mol. The van der Waals surface area contributed by atoms with E-state index in [1.54, 1.807) is 13.3 Å². The maximum absolute atomic E-state index is 5.41. The molecule has 100 valence electrons.